The number of rotatable bonds is 4. The molecule has 138 valence electrons. The van der Waals surface area contributed by atoms with Crippen LogP contribution in [0.15, 0.2) is 53.4 Å². The van der Waals surface area contributed by atoms with Crippen molar-refractivity contribution >= 4 is 44.8 Å². The molecule has 0 radical (unpaired) electrons. The van der Waals surface area contributed by atoms with E-state index in [-0.39, 0.29) is 17.3 Å². The second-order valence-corrected chi connectivity index (χ2v) is 8.85. The lowest BCUT2D eigenvalue weighted by atomic mass is 9.98. The largest absolute Gasteiger partial charge is 0.323 e. The minimum Gasteiger partial charge on any atom is -0.323 e. The van der Waals surface area contributed by atoms with Crippen molar-refractivity contribution in [1.29, 1.82) is 0 Å². The topological polar surface area (TPSA) is 66.5 Å². The molecule has 0 unspecified atom stereocenters. The Kier molecular flexibility index (Phi) is 5.87. The number of benzene rings is 2. The van der Waals surface area contributed by atoms with E-state index < -0.39 is 15.9 Å². The molecule has 2 aromatic rings. The summed E-state index contributed by atoms with van der Waals surface area (Å²) >= 11 is 12.2. The molecular formula is C18H18Cl2N2O3S. The predicted octanol–water partition coefficient (Wildman–Crippen LogP) is 4.03. The van der Waals surface area contributed by atoms with Gasteiger partial charge in [0.2, 0.25) is 15.9 Å². The number of nitrogens with one attached hydrogen (secondary N) is 1. The average Bonchev–Trinajstić information content (AvgIpc) is 2.65. The Bertz CT molecular complexity index is 884. The van der Waals surface area contributed by atoms with E-state index in [9.17, 15) is 13.2 Å². The van der Waals surface area contributed by atoms with E-state index in [0.717, 1.165) is 0 Å². The van der Waals surface area contributed by atoms with E-state index in [1.807, 2.05) is 0 Å². The molecule has 1 aliphatic heterocycles. The summed E-state index contributed by atoms with van der Waals surface area (Å²) in [6, 6.07) is 13.2. The number of amides is 1. The second-order valence-electron chi connectivity index (χ2n) is 6.10. The lowest BCUT2D eigenvalue weighted by Gasteiger charge is -2.31. The zero-order valence-corrected chi connectivity index (χ0v) is 16.2. The molecule has 1 N–H and O–H groups in total. The van der Waals surface area contributed by atoms with Gasteiger partial charge in [-0.15, -0.1) is 0 Å². The molecule has 1 fully saturated rings. The van der Waals surface area contributed by atoms with Crippen molar-refractivity contribution in [1.82, 2.24) is 4.31 Å². The molecule has 1 amide bonds. The van der Waals surface area contributed by atoms with Crippen LogP contribution in [0, 0.1) is 5.92 Å². The quantitative estimate of drug-likeness (QED) is 0.823. The molecule has 0 saturated carbocycles. The number of piperidine rings is 1. The summed E-state index contributed by atoms with van der Waals surface area (Å²) in [6.45, 7) is 0.527. The first-order valence-corrected chi connectivity index (χ1v) is 10.4. The Morgan fingerprint density at radius 1 is 1.04 bits per heavy atom. The lowest BCUT2D eigenvalue weighted by molar-refractivity contribution is -0.120. The highest BCUT2D eigenvalue weighted by atomic mass is 35.5. The summed E-state index contributed by atoms with van der Waals surface area (Å²) in [5.41, 5.74) is 0.351. The zero-order chi connectivity index (χ0) is 18.7. The normalized spacial score (nSPS) is 18.5. The highest BCUT2D eigenvalue weighted by Gasteiger charge is 2.33. The van der Waals surface area contributed by atoms with Crippen LogP contribution in [0.3, 0.4) is 0 Å². The van der Waals surface area contributed by atoms with E-state index in [1.165, 1.54) is 4.31 Å². The van der Waals surface area contributed by atoms with Crippen LogP contribution < -0.4 is 5.32 Å². The van der Waals surface area contributed by atoms with Crippen LogP contribution in [0.5, 0.6) is 0 Å². The molecule has 0 aliphatic carbocycles. The van der Waals surface area contributed by atoms with Gasteiger partial charge in [0.15, 0.2) is 0 Å². The van der Waals surface area contributed by atoms with Crippen molar-refractivity contribution in [3.8, 4) is 0 Å². The van der Waals surface area contributed by atoms with Crippen LogP contribution in [0.25, 0.3) is 0 Å². The summed E-state index contributed by atoms with van der Waals surface area (Å²) in [5.74, 6) is -0.748. The molecule has 1 atom stereocenters. The Balaban J connectivity index is 1.75. The third-order valence-electron chi connectivity index (χ3n) is 4.35. The van der Waals surface area contributed by atoms with Gasteiger partial charge >= 0.3 is 0 Å². The number of hydrogen-bond acceptors (Lipinski definition) is 3. The number of halogens is 2. The third-order valence-corrected chi connectivity index (χ3v) is 6.86. The van der Waals surface area contributed by atoms with Crippen molar-refractivity contribution in [2.75, 3.05) is 18.4 Å². The third kappa shape index (κ3) is 4.04. The molecular weight excluding hydrogens is 395 g/mol. The van der Waals surface area contributed by atoms with Gasteiger partial charge in [-0.05, 0) is 37.1 Å². The minimum absolute atomic E-state index is 0.130. The molecule has 3 rings (SSSR count). The maximum Gasteiger partial charge on any atom is 0.243 e. The monoisotopic (exact) mass is 412 g/mol. The SMILES string of the molecule is O=C(Nc1c(Cl)cccc1Cl)[C@@H]1CCCN(S(=O)(=O)c2ccccc2)C1. The van der Waals surface area contributed by atoms with Gasteiger partial charge in [0.1, 0.15) is 0 Å². The number of para-hydroxylation sites is 1. The first kappa shape index (κ1) is 19.2. The number of anilines is 1. The second kappa shape index (κ2) is 7.96. The Hall–Kier alpha value is -1.60. The van der Waals surface area contributed by atoms with E-state index in [1.54, 1.807) is 48.5 Å². The van der Waals surface area contributed by atoms with Crippen LogP contribution in [-0.4, -0.2) is 31.7 Å². The smallest absolute Gasteiger partial charge is 0.243 e. The van der Waals surface area contributed by atoms with Crippen molar-refractivity contribution in [3.63, 3.8) is 0 Å². The summed E-state index contributed by atoms with van der Waals surface area (Å²) in [7, 11) is -3.62. The lowest BCUT2D eigenvalue weighted by Crippen LogP contribution is -2.43. The van der Waals surface area contributed by atoms with E-state index in [2.05, 4.69) is 5.32 Å². The number of carbonyl (C=O) groups is 1. The summed E-state index contributed by atoms with van der Waals surface area (Å²) in [6.07, 6.45) is 1.22. The average molecular weight is 413 g/mol. The van der Waals surface area contributed by atoms with Gasteiger partial charge in [0.05, 0.1) is 26.5 Å². The maximum atomic E-state index is 12.8. The van der Waals surface area contributed by atoms with Crippen LogP contribution >= 0.6 is 23.2 Å². The Morgan fingerprint density at radius 2 is 1.69 bits per heavy atom. The summed E-state index contributed by atoms with van der Waals surface area (Å²) in [5, 5.41) is 3.42. The fourth-order valence-electron chi connectivity index (χ4n) is 2.96. The molecule has 2 aromatic carbocycles. The number of hydrogen-bond donors (Lipinski definition) is 1. The summed E-state index contributed by atoms with van der Waals surface area (Å²) < 4.78 is 26.9. The van der Waals surface area contributed by atoms with Gasteiger partial charge in [-0.2, -0.15) is 4.31 Å². The van der Waals surface area contributed by atoms with Crippen LogP contribution in [-0.2, 0) is 14.8 Å². The van der Waals surface area contributed by atoms with Crippen molar-refractivity contribution in [3.05, 3.63) is 58.6 Å². The van der Waals surface area contributed by atoms with Crippen LogP contribution in [0.1, 0.15) is 12.8 Å². The van der Waals surface area contributed by atoms with Gasteiger partial charge < -0.3 is 5.32 Å². The highest BCUT2D eigenvalue weighted by molar-refractivity contribution is 7.89. The molecule has 1 saturated heterocycles. The fourth-order valence-corrected chi connectivity index (χ4v) is 5.00. The first-order valence-electron chi connectivity index (χ1n) is 8.19. The molecule has 26 heavy (non-hydrogen) atoms. The fraction of sp³-hybridized carbons (Fsp3) is 0.278. The molecule has 0 spiro atoms. The molecule has 0 aromatic heterocycles. The zero-order valence-electron chi connectivity index (χ0n) is 13.9. The van der Waals surface area contributed by atoms with Gasteiger partial charge in [0, 0.05) is 13.1 Å². The molecule has 1 aliphatic rings. The van der Waals surface area contributed by atoms with Crippen LogP contribution in [0.4, 0.5) is 5.69 Å². The molecule has 0 bridgehead atoms. The number of sulfonamides is 1. The van der Waals surface area contributed by atoms with Crippen molar-refractivity contribution in [2.24, 2.45) is 5.92 Å². The predicted molar refractivity (Wildman–Crippen MR) is 103 cm³/mol. The van der Waals surface area contributed by atoms with Crippen LogP contribution in [0.2, 0.25) is 10.0 Å². The van der Waals surface area contributed by atoms with Gasteiger partial charge in [0.25, 0.3) is 0 Å². The number of nitrogens with zero attached hydrogens (tertiary/aromatic N) is 1. The molecule has 5 nitrogen and oxygen atoms in total. The van der Waals surface area contributed by atoms with Gasteiger partial charge in [-0.25, -0.2) is 8.42 Å². The van der Waals surface area contributed by atoms with E-state index >= 15 is 0 Å². The van der Waals surface area contributed by atoms with Crippen molar-refractivity contribution < 1.29 is 13.2 Å². The minimum atomic E-state index is -3.62. The van der Waals surface area contributed by atoms with E-state index in [0.29, 0.717) is 35.1 Å². The number of carbonyl (C=O) groups excluding carboxylic acids is 1. The summed E-state index contributed by atoms with van der Waals surface area (Å²) in [4.78, 5) is 12.9. The first-order chi connectivity index (χ1) is 12.4. The molecule has 1 heterocycles. The van der Waals surface area contributed by atoms with Gasteiger partial charge in [-0.1, -0.05) is 47.5 Å². The Labute approximate surface area is 163 Å². The molecule has 8 heteroatoms. The van der Waals surface area contributed by atoms with E-state index in [4.69, 9.17) is 23.2 Å². The maximum absolute atomic E-state index is 12.8. The Morgan fingerprint density at radius 3 is 2.35 bits per heavy atom. The van der Waals surface area contributed by atoms with Gasteiger partial charge in [-0.3, -0.25) is 4.79 Å². The standard InChI is InChI=1S/C18H18Cl2N2O3S/c19-15-9-4-10-16(20)17(15)21-18(23)13-6-5-11-22(12-13)26(24,25)14-7-2-1-3-8-14/h1-4,7-10,13H,5-6,11-12H2,(H,21,23)/t13-/m1/s1. The van der Waals surface area contributed by atoms with Crippen molar-refractivity contribution in [2.45, 2.75) is 17.7 Å². The highest BCUT2D eigenvalue weighted by Crippen LogP contribution is 2.31.